The Morgan fingerprint density at radius 3 is 2.89 bits per heavy atom. The van der Waals surface area contributed by atoms with Crippen molar-refractivity contribution in [2.24, 2.45) is 5.92 Å². The van der Waals surface area contributed by atoms with Crippen molar-refractivity contribution in [2.45, 2.75) is 32.3 Å². The first kappa shape index (κ1) is 19.8. The Kier molecular flexibility index (Phi) is 6.79. The molecule has 1 aromatic carbocycles. The minimum absolute atomic E-state index is 0.0762. The van der Waals surface area contributed by atoms with Crippen molar-refractivity contribution in [2.75, 3.05) is 51.8 Å². The molecule has 2 heterocycles. The van der Waals surface area contributed by atoms with Crippen LogP contribution in [0.3, 0.4) is 0 Å². The Bertz CT molecular complexity index is 652. The summed E-state index contributed by atoms with van der Waals surface area (Å²) in [5, 5.41) is 16.5. The minimum atomic E-state index is -0.409. The smallest absolute Gasteiger partial charge is 0.255 e. The van der Waals surface area contributed by atoms with Gasteiger partial charge in [0.15, 0.2) is 11.5 Å². The Morgan fingerprint density at radius 2 is 2.15 bits per heavy atom. The van der Waals surface area contributed by atoms with Gasteiger partial charge in [-0.15, -0.1) is 0 Å². The lowest BCUT2D eigenvalue weighted by atomic mass is 9.93. The number of nitrogens with zero attached hydrogens (tertiary/aromatic N) is 1. The number of hydrogen-bond acceptors (Lipinski definition) is 6. The normalized spacial score (nSPS) is 22.3. The third-order valence-electron chi connectivity index (χ3n) is 5.33. The van der Waals surface area contributed by atoms with Crippen LogP contribution in [-0.2, 0) is 0 Å². The summed E-state index contributed by atoms with van der Waals surface area (Å²) in [5.74, 6) is 0.956. The number of carbonyl (C=O) groups is 1. The molecule has 0 radical (unpaired) electrons. The summed E-state index contributed by atoms with van der Waals surface area (Å²) in [6.07, 6.45) is 2.80. The number of rotatable bonds is 7. The van der Waals surface area contributed by atoms with Crippen molar-refractivity contribution in [3.05, 3.63) is 17.7 Å². The SMILES string of the molecule is CCCCN1CC[C@@H](CNC(=O)c2cc(NC)cc3c2OCCO3)C(O)C1. The molecule has 2 aliphatic rings. The molecule has 1 aromatic rings. The fourth-order valence-corrected chi connectivity index (χ4v) is 3.65. The van der Waals surface area contributed by atoms with Gasteiger partial charge in [-0.3, -0.25) is 4.79 Å². The molecule has 3 rings (SSSR count). The zero-order chi connectivity index (χ0) is 19.2. The number of hydrogen-bond donors (Lipinski definition) is 3. The second-order valence-corrected chi connectivity index (χ2v) is 7.28. The summed E-state index contributed by atoms with van der Waals surface area (Å²) in [7, 11) is 1.80. The minimum Gasteiger partial charge on any atom is -0.486 e. The molecule has 0 spiro atoms. The Balaban J connectivity index is 1.60. The number of ether oxygens (including phenoxy) is 2. The van der Waals surface area contributed by atoms with E-state index in [0.717, 1.165) is 38.0 Å². The second-order valence-electron chi connectivity index (χ2n) is 7.28. The first-order chi connectivity index (χ1) is 13.1. The van der Waals surface area contributed by atoms with Crippen LogP contribution in [0.25, 0.3) is 0 Å². The predicted octanol–water partition coefficient (Wildman–Crippen LogP) is 1.71. The maximum Gasteiger partial charge on any atom is 0.255 e. The molecule has 7 heteroatoms. The van der Waals surface area contributed by atoms with Crippen LogP contribution < -0.4 is 20.1 Å². The van der Waals surface area contributed by atoms with Crippen LogP contribution in [0.2, 0.25) is 0 Å². The maximum absolute atomic E-state index is 12.8. The van der Waals surface area contributed by atoms with Crippen molar-refractivity contribution in [3.8, 4) is 11.5 Å². The summed E-state index contributed by atoms with van der Waals surface area (Å²) < 4.78 is 11.3. The Hall–Kier alpha value is -1.99. The number of aliphatic hydroxyl groups excluding tert-OH is 1. The van der Waals surface area contributed by atoms with Crippen LogP contribution in [0.15, 0.2) is 12.1 Å². The number of likely N-dealkylation sites (tertiary alicyclic amines) is 1. The van der Waals surface area contributed by atoms with Gasteiger partial charge in [0, 0.05) is 37.8 Å². The van der Waals surface area contributed by atoms with E-state index in [0.29, 0.717) is 43.4 Å². The molecule has 0 aliphatic carbocycles. The molecule has 0 aromatic heterocycles. The molecule has 1 unspecified atom stereocenters. The van der Waals surface area contributed by atoms with E-state index < -0.39 is 6.10 Å². The van der Waals surface area contributed by atoms with E-state index >= 15 is 0 Å². The Morgan fingerprint density at radius 1 is 1.33 bits per heavy atom. The molecule has 7 nitrogen and oxygen atoms in total. The third-order valence-corrected chi connectivity index (χ3v) is 5.33. The van der Waals surface area contributed by atoms with Gasteiger partial charge in [-0.2, -0.15) is 0 Å². The van der Waals surface area contributed by atoms with E-state index in [9.17, 15) is 9.90 Å². The largest absolute Gasteiger partial charge is 0.486 e. The highest BCUT2D eigenvalue weighted by Crippen LogP contribution is 2.37. The van der Waals surface area contributed by atoms with Gasteiger partial charge in [0.2, 0.25) is 0 Å². The van der Waals surface area contributed by atoms with Crippen molar-refractivity contribution in [1.82, 2.24) is 10.2 Å². The molecule has 0 bridgehead atoms. The molecule has 3 N–H and O–H groups in total. The van der Waals surface area contributed by atoms with Crippen LogP contribution in [0, 0.1) is 5.92 Å². The van der Waals surface area contributed by atoms with E-state index in [1.54, 1.807) is 13.1 Å². The second kappa shape index (κ2) is 9.28. The molecule has 1 saturated heterocycles. The van der Waals surface area contributed by atoms with Crippen LogP contribution >= 0.6 is 0 Å². The molecular weight excluding hydrogens is 346 g/mol. The molecular formula is C20H31N3O4. The fourth-order valence-electron chi connectivity index (χ4n) is 3.65. The monoisotopic (exact) mass is 377 g/mol. The van der Waals surface area contributed by atoms with Crippen molar-refractivity contribution in [3.63, 3.8) is 0 Å². The van der Waals surface area contributed by atoms with E-state index in [1.165, 1.54) is 0 Å². The topological polar surface area (TPSA) is 83.1 Å². The first-order valence-corrected chi connectivity index (χ1v) is 9.92. The maximum atomic E-state index is 12.8. The molecule has 1 amide bonds. The number of amides is 1. The zero-order valence-corrected chi connectivity index (χ0v) is 16.3. The average Bonchev–Trinajstić information content (AvgIpc) is 2.70. The summed E-state index contributed by atoms with van der Waals surface area (Å²) in [6, 6.07) is 3.60. The van der Waals surface area contributed by atoms with Crippen LogP contribution in [0.1, 0.15) is 36.5 Å². The summed E-state index contributed by atoms with van der Waals surface area (Å²) in [5.41, 5.74) is 1.26. The summed E-state index contributed by atoms with van der Waals surface area (Å²) >= 11 is 0. The van der Waals surface area contributed by atoms with E-state index in [4.69, 9.17) is 9.47 Å². The molecule has 0 saturated carbocycles. The molecule has 27 heavy (non-hydrogen) atoms. The van der Waals surface area contributed by atoms with Crippen LogP contribution in [0.5, 0.6) is 11.5 Å². The number of carbonyl (C=O) groups excluding carboxylic acids is 1. The highest BCUT2D eigenvalue weighted by molar-refractivity contribution is 5.99. The fraction of sp³-hybridized carbons (Fsp3) is 0.650. The molecule has 150 valence electrons. The standard InChI is InChI=1S/C20H31N3O4/c1-3-4-6-23-7-5-14(17(24)13-23)12-22-20(25)16-10-15(21-2)11-18-19(16)27-9-8-26-18/h10-11,14,17,21,24H,3-9,12-13H2,1-2H3,(H,22,25)/t14-,17?/m0/s1. The number of anilines is 1. The van der Waals surface area contributed by atoms with E-state index in [-0.39, 0.29) is 11.8 Å². The number of piperidine rings is 1. The van der Waals surface area contributed by atoms with Gasteiger partial charge >= 0.3 is 0 Å². The van der Waals surface area contributed by atoms with Gasteiger partial charge in [-0.05, 0) is 32.0 Å². The van der Waals surface area contributed by atoms with E-state index in [1.807, 2.05) is 6.07 Å². The Labute approximate surface area is 161 Å². The highest BCUT2D eigenvalue weighted by Gasteiger charge is 2.28. The van der Waals surface area contributed by atoms with Gasteiger partial charge in [-0.25, -0.2) is 0 Å². The number of nitrogens with one attached hydrogen (secondary N) is 2. The summed E-state index contributed by atoms with van der Waals surface area (Å²) in [4.78, 5) is 15.1. The quantitative estimate of drug-likeness (QED) is 0.671. The van der Waals surface area contributed by atoms with Crippen molar-refractivity contribution >= 4 is 11.6 Å². The lowest BCUT2D eigenvalue weighted by molar-refractivity contribution is 0.0217. The van der Waals surface area contributed by atoms with Gasteiger partial charge in [0.05, 0.1) is 11.7 Å². The molecule has 2 aliphatic heterocycles. The van der Waals surface area contributed by atoms with Crippen molar-refractivity contribution in [1.29, 1.82) is 0 Å². The first-order valence-electron chi connectivity index (χ1n) is 9.92. The lowest BCUT2D eigenvalue weighted by Gasteiger charge is -2.36. The van der Waals surface area contributed by atoms with Crippen molar-refractivity contribution < 1.29 is 19.4 Å². The number of aliphatic hydroxyl groups is 1. The highest BCUT2D eigenvalue weighted by atomic mass is 16.6. The number of unbranched alkanes of at least 4 members (excludes halogenated alkanes) is 1. The zero-order valence-electron chi connectivity index (χ0n) is 16.3. The lowest BCUT2D eigenvalue weighted by Crippen LogP contribution is -2.47. The predicted molar refractivity (Wildman–Crippen MR) is 105 cm³/mol. The van der Waals surface area contributed by atoms with Crippen LogP contribution in [0.4, 0.5) is 5.69 Å². The molecule has 2 atom stereocenters. The van der Waals surface area contributed by atoms with Gasteiger partial charge < -0.3 is 30.1 Å². The van der Waals surface area contributed by atoms with Crippen LogP contribution in [-0.4, -0.2) is 68.5 Å². The van der Waals surface area contributed by atoms with E-state index in [2.05, 4.69) is 22.5 Å². The van der Waals surface area contributed by atoms with Gasteiger partial charge in [0.1, 0.15) is 13.2 Å². The number of β-amino-alcohol motifs (C(OH)–C–C–N with tert-alkyl or cyclic N) is 1. The number of fused-ring (bicyclic) bond motifs is 1. The summed E-state index contributed by atoms with van der Waals surface area (Å²) in [6.45, 7) is 6.23. The molecule has 1 fully saturated rings. The average molecular weight is 377 g/mol. The number of benzene rings is 1. The van der Waals surface area contributed by atoms with Gasteiger partial charge in [-0.1, -0.05) is 13.3 Å². The van der Waals surface area contributed by atoms with Gasteiger partial charge in [0.25, 0.3) is 5.91 Å². The third kappa shape index (κ3) is 4.84.